The van der Waals surface area contributed by atoms with Crippen LogP contribution in [0, 0.1) is 0 Å². The molecule has 1 fully saturated rings. The Morgan fingerprint density at radius 3 is 2.65 bits per heavy atom. The van der Waals surface area contributed by atoms with Crippen LogP contribution >= 0.6 is 11.6 Å². The monoisotopic (exact) mass is 297 g/mol. The second-order valence-corrected chi connectivity index (χ2v) is 6.01. The lowest BCUT2D eigenvalue weighted by atomic mass is 9.99. The van der Waals surface area contributed by atoms with Gasteiger partial charge in [0.15, 0.2) is 0 Å². The molecule has 1 aliphatic carbocycles. The van der Waals surface area contributed by atoms with Crippen molar-refractivity contribution < 1.29 is 9.84 Å². The molecule has 1 aromatic rings. The maximum atomic E-state index is 10.3. The fourth-order valence-electron chi connectivity index (χ4n) is 2.06. The molecule has 20 heavy (non-hydrogen) atoms. The lowest BCUT2D eigenvalue weighted by Crippen LogP contribution is -2.34. The van der Waals surface area contributed by atoms with Gasteiger partial charge < -0.3 is 15.2 Å². The number of hydrogen-bond acceptors (Lipinski definition) is 3. The molecule has 0 saturated heterocycles. The van der Waals surface area contributed by atoms with Crippen LogP contribution in [0.25, 0.3) is 0 Å². The van der Waals surface area contributed by atoms with Gasteiger partial charge in [-0.05, 0) is 31.7 Å². The molecule has 2 rings (SSSR count). The van der Waals surface area contributed by atoms with Crippen LogP contribution in [0.4, 0.5) is 0 Å². The molecule has 0 radical (unpaired) electrons. The van der Waals surface area contributed by atoms with Crippen LogP contribution in [0.5, 0.6) is 5.75 Å². The Morgan fingerprint density at radius 2 is 2.05 bits per heavy atom. The zero-order valence-electron chi connectivity index (χ0n) is 12.3. The van der Waals surface area contributed by atoms with Crippen LogP contribution in [0.15, 0.2) is 18.2 Å². The smallest absolute Gasteiger partial charge is 0.142 e. The van der Waals surface area contributed by atoms with E-state index < -0.39 is 5.60 Å². The van der Waals surface area contributed by atoms with Crippen molar-refractivity contribution in [3.63, 3.8) is 0 Å². The summed E-state index contributed by atoms with van der Waals surface area (Å²) in [7, 11) is 0. The van der Waals surface area contributed by atoms with Gasteiger partial charge in [0.1, 0.15) is 12.4 Å². The first-order valence-electron chi connectivity index (χ1n) is 7.44. The van der Waals surface area contributed by atoms with E-state index in [2.05, 4.69) is 5.32 Å². The Bertz CT molecular complexity index is 442. The summed E-state index contributed by atoms with van der Waals surface area (Å²) in [5.74, 6) is 0.697. The predicted molar refractivity (Wildman–Crippen MR) is 82.3 cm³/mol. The Hall–Kier alpha value is -0.770. The van der Waals surface area contributed by atoms with Crippen molar-refractivity contribution in [3.8, 4) is 5.75 Å². The van der Waals surface area contributed by atoms with Crippen molar-refractivity contribution in [3.05, 3.63) is 28.8 Å². The molecule has 0 amide bonds. The molecule has 112 valence electrons. The minimum atomic E-state index is -0.777. The maximum absolute atomic E-state index is 10.3. The van der Waals surface area contributed by atoms with E-state index in [1.165, 1.54) is 12.8 Å². The molecule has 1 aliphatic rings. The summed E-state index contributed by atoms with van der Waals surface area (Å²) in [6.07, 6.45) is 3.84. The second kappa shape index (κ2) is 6.79. The van der Waals surface area contributed by atoms with E-state index in [0.29, 0.717) is 29.7 Å². The van der Waals surface area contributed by atoms with Crippen LogP contribution < -0.4 is 10.1 Å². The Morgan fingerprint density at radius 1 is 1.35 bits per heavy atom. The van der Waals surface area contributed by atoms with Crippen molar-refractivity contribution >= 4 is 11.6 Å². The fourth-order valence-corrected chi connectivity index (χ4v) is 2.31. The van der Waals surface area contributed by atoms with Crippen molar-refractivity contribution in [2.75, 3.05) is 6.61 Å². The molecule has 1 saturated carbocycles. The van der Waals surface area contributed by atoms with Gasteiger partial charge in [-0.3, -0.25) is 0 Å². The van der Waals surface area contributed by atoms with Crippen LogP contribution in [0.2, 0.25) is 5.02 Å². The van der Waals surface area contributed by atoms with Gasteiger partial charge in [-0.25, -0.2) is 0 Å². The fraction of sp³-hybridized carbons (Fsp3) is 0.625. The minimum Gasteiger partial charge on any atom is -0.489 e. The van der Waals surface area contributed by atoms with Crippen LogP contribution in [-0.2, 0) is 6.54 Å². The highest BCUT2D eigenvalue weighted by atomic mass is 35.5. The van der Waals surface area contributed by atoms with Crippen LogP contribution in [-0.4, -0.2) is 23.4 Å². The maximum Gasteiger partial charge on any atom is 0.142 e. The third-order valence-corrected chi connectivity index (χ3v) is 4.31. The molecular weight excluding hydrogens is 274 g/mol. The molecule has 0 spiro atoms. The summed E-state index contributed by atoms with van der Waals surface area (Å²) in [6, 6.07) is 6.43. The number of hydrogen-bond donors (Lipinski definition) is 2. The minimum absolute atomic E-state index is 0.278. The van der Waals surface area contributed by atoms with E-state index in [0.717, 1.165) is 12.1 Å². The number of ether oxygens (including phenoxy) is 1. The zero-order chi connectivity index (χ0) is 14.6. The normalized spacial score (nSPS) is 15.4. The summed E-state index contributed by atoms with van der Waals surface area (Å²) in [4.78, 5) is 0. The summed E-state index contributed by atoms with van der Waals surface area (Å²) in [5, 5.41) is 14.4. The van der Waals surface area contributed by atoms with Gasteiger partial charge in [0.25, 0.3) is 0 Å². The van der Waals surface area contributed by atoms with Gasteiger partial charge in [0, 0.05) is 18.2 Å². The predicted octanol–water partition coefficient (Wildman–Crippen LogP) is 3.52. The number of para-hydroxylation sites is 1. The topological polar surface area (TPSA) is 41.5 Å². The molecule has 0 aromatic heterocycles. The molecule has 0 unspecified atom stereocenters. The van der Waals surface area contributed by atoms with E-state index in [1.807, 2.05) is 32.0 Å². The summed E-state index contributed by atoms with van der Waals surface area (Å²) in [5.41, 5.74) is 0.277. The number of nitrogens with one attached hydrogen (secondary N) is 1. The third kappa shape index (κ3) is 4.11. The highest BCUT2D eigenvalue weighted by Crippen LogP contribution is 2.31. The number of benzene rings is 1. The quantitative estimate of drug-likeness (QED) is 0.771. The third-order valence-electron chi connectivity index (χ3n) is 4.01. The van der Waals surface area contributed by atoms with Gasteiger partial charge in [-0.2, -0.15) is 0 Å². The molecule has 2 N–H and O–H groups in total. The molecule has 0 aliphatic heterocycles. The van der Waals surface area contributed by atoms with E-state index in [9.17, 15) is 5.11 Å². The van der Waals surface area contributed by atoms with Crippen LogP contribution in [0.3, 0.4) is 0 Å². The lowest BCUT2D eigenvalue weighted by Gasteiger charge is -2.26. The molecule has 3 nitrogen and oxygen atoms in total. The molecule has 0 bridgehead atoms. The second-order valence-electron chi connectivity index (χ2n) is 5.60. The van der Waals surface area contributed by atoms with Gasteiger partial charge in [-0.15, -0.1) is 0 Å². The Kier molecular flexibility index (Phi) is 5.30. The standard InChI is InChI=1S/C16H24ClNO2/c1-3-16(19,4-2)11-20-15-12(6-5-7-14(15)17)10-18-13-8-9-13/h5-7,13,18-19H,3-4,8-11H2,1-2H3. The zero-order valence-corrected chi connectivity index (χ0v) is 13.0. The lowest BCUT2D eigenvalue weighted by molar-refractivity contribution is -0.0115. The van der Waals surface area contributed by atoms with Crippen molar-refractivity contribution in [2.45, 2.75) is 57.7 Å². The van der Waals surface area contributed by atoms with E-state index >= 15 is 0 Å². The summed E-state index contributed by atoms with van der Waals surface area (Å²) >= 11 is 6.24. The summed E-state index contributed by atoms with van der Waals surface area (Å²) < 4.78 is 5.85. The molecule has 0 atom stereocenters. The molecule has 0 heterocycles. The Balaban J connectivity index is 2.04. The number of rotatable bonds is 8. The van der Waals surface area contributed by atoms with Gasteiger partial charge in [-0.1, -0.05) is 37.6 Å². The first-order valence-corrected chi connectivity index (χ1v) is 7.81. The average molecular weight is 298 g/mol. The number of aliphatic hydroxyl groups is 1. The van der Waals surface area contributed by atoms with E-state index in [-0.39, 0.29) is 6.61 Å². The van der Waals surface area contributed by atoms with E-state index in [1.54, 1.807) is 0 Å². The number of halogens is 1. The Labute approximate surface area is 126 Å². The van der Waals surface area contributed by atoms with Crippen LogP contribution in [0.1, 0.15) is 45.1 Å². The van der Waals surface area contributed by atoms with Gasteiger partial charge in [0.2, 0.25) is 0 Å². The SMILES string of the molecule is CCC(O)(CC)COc1c(Cl)cccc1CNC1CC1. The first-order chi connectivity index (χ1) is 9.58. The van der Waals surface area contributed by atoms with Gasteiger partial charge in [0.05, 0.1) is 10.6 Å². The molecule has 4 heteroatoms. The van der Waals surface area contributed by atoms with Crippen molar-refractivity contribution in [1.82, 2.24) is 5.32 Å². The van der Waals surface area contributed by atoms with Crippen molar-refractivity contribution in [1.29, 1.82) is 0 Å². The molecular formula is C16H24ClNO2. The van der Waals surface area contributed by atoms with E-state index in [4.69, 9.17) is 16.3 Å². The van der Waals surface area contributed by atoms with Gasteiger partial charge >= 0.3 is 0 Å². The van der Waals surface area contributed by atoms with Crippen molar-refractivity contribution in [2.24, 2.45) is 0 Å². The highest BCUT2D eigenvalue weighted by Gasteiger charge is 2.25. The summed E-state index contributed by atoms with van der Waals surface area (Å²) in [6.45, 7) is 4.97. The first kappa shape index (κ1) is 15.6. The average Bonchev–Trinajstić information content (AvgIpc) is 3.28. The molecule has 1 aromatic carbocycles. The largest absolute Gasteiger partial charge is 0.489 e. The highest BCUT2D eigenvalue weighted by molar-refractivity contribution is 6.32.